The predicted molar refractivity (Wildman–Crippen MR) is 77.1 cm³/mol. The molecule has 1 rings (SSSR count). The van der Waals surface area contributed by atoms with Gasteiger partial charge in [0.1, 0.15) is 11.5 Å². The minimum Gasteiger partial charge on any atom is -0.497 e. The van der Waals surface area contributed by atoms with Gasteiger partial charge in [-0.3, -0.25) is 0 Å². The average Bonchev–Trinajstić information content (AvgIpc) is 2.35. The van der Waals surface area contributed by atoms with Crippen molar-refractivity contribution < 1.29 is 9.47 Å². The molecule has 0 aliphatic carbocycles. The predicted octanol–water partition coefficient (Wildman–Crippen LogP) is 1.78. The van der Waals surface area contributed by atoms with Crippen LogP contribution >= 0.6 is 12.4 Å². The average molecular weight is 275 g/mol. The highest BCUT2D eigenvalue weighted by atomic mass is 35.5. The van der Waals surface area contributed by atoms with Crippen molar-refractivity contribution in [3.05, 3.63) is 23.8 Å². The van der Waals surface area contributed by atoms with Crippen LogP contribution in [0.5, 0.6) is 11.5 Å². The zero-order chi connectivity index (χ0) is 12.7. The minimum atomic E-state index is 0. The molecule has 1 aromatic rings. The van der Waals surface area contributed by atoms with Crippen molar-refractivity contribution in [2.75, 3.05) is 41.4 Å². The van der Waals surface area contributed by atoms with Gasteiger partial charge in [-0.1, -0.05) is 0 Å². The number of halogens is 1. The first-order valence-electron chi connectivity index (χ1n) is 5.74. The largest absolute Gasteiger partial charge is 0.497 e. The fraction of sp³-hybridized carbons (Fsp3) is 0.538. The van der Waals surface area contributed by atoms with E-state index < -0.39 is 0 Å². The second kappa shape index (κ2) is 9.03. The van der Waals surface area contributed by atoms with E-state index in [4.69, 9.17) is 9.47 Å². The Bertz CT molecular complexity index is 326. The van der Waals surface area contributed by atoms with E-state index in [0.29, 0.717) is 0 Å². The number of methoxy groups -OCH3 is 2. The Balaban J connectivity index is 0.00000289. The first-order chi connectivity index (χ1) is 8.19. The molecule has 0 unspecified atom stereocenters. The zero-order valence-electron chi connectivity index (χ0n) is 11.5. The molecule has 1 N–H and O–H groups in total. The van der Waals surface area contributed by atoms with E-state index in [1.54, 1.807) is 14.2 Å². The lowest BCUT2D eigenvalue weighted by molar-refractivity contribution is 0.325. The van der Waals surface area contributed by atoms with Crippen molar-refractivity contribution in [3.63, 3.8) is 0 Å². The van der Waals surface area contributed by atoms with Gasteiger partial charge in [0, 0.05) is 25.7 Å². The van der Waals surface area contributed by atoms with Gasteiger partial charge in [0.25, 0.3) is 0 Å². The summed E-state index contributed by atoms with van der Waals surface area (Å²) >= 11 is 0. The third-order valence-electron chi connectivity index (χ3n) is 2.61. The Morgan fingerprint density at radius 3 is 2.11 bits per heavy atom. The molecule has 0 spiro atoms. The van der Waals surface area contributed by atoms with Crippen LogP contribution in [0.1, 0.15) is 5.56 Å². The molecule has 104 valence electrons. The molecule has 0 aliphatic rings. The molecule has 1 aromatic carbocycles. The Morgan fingerprint density at radius 2 is 1.67 bits per heavy atom. The second-order valence-corrected chi connectivity index (χ2v) is 4.06. The van der Waals surface area contributed by atoms with E-state index in [1.807, 2.05) is 25.2 Å². The summed E-state index contributed by atoms with van der Waals surface area (Å²) in [6, 6.07) is 5.97. The van der Waals surface area contributed by atoms with Gasteiger partial charge in [-0.15, -0.1) is 12.4 Å². The second-order valence-electron chi connectivity index (χ2n) is 4.06. The number of hydrogen-bond donors (Lipinski definition) is 1. The van der Waals surface area contributed by atoms with Crippen LogP contribution in [-0.2, 0) is 6.54 Å². The van der Waals surface area contributed by atoms with E-state index in [0.717, 1.165) is 31.1 Å². The van der Waals surface area contributed by atoms with Crippen LogP contribution in [0.2, 0.25) is 0 Å². The fourth-order valence-electron chi connectivity index (χ4n) is 1.65. The van der Waals surface area contributed by atoms with Crippen molar-refractivity contribution in [1.82, 2.24) is 10.2 Å². The number of benzene rings is 1. The lowest BCUT2D eigenvalue weighted by Gasteiger charge is -2.17. The van der Waals surface area contributed by atoms with Gasteiger partial charge in [0.15, 0.2) is 0 Å². The Morgan fingerprint density at radius 1 is 1.11 bits per heavy atom. The lowest BCUT2D eigenvalue weighted by atomic mass is 10.2. The third kappa shape index (κ3) is 5.58. The monoisotopic (exact) mass is 274 g/mol. The summed E-state index contributed by atoms with van der Waals surface area (Å²) in [5, 5.41) is 3.14. The van der Waals surface area contributed by atoms with Gasteiger partial charge in [-0.2, -0.15) is 0 Å². The summed E-state index contributed by atoms with van der Waals surface area (Å²) in [4.78, 5) is 2.25. The maximum absolute atomic E-state index is 5.25. The number of likely N-dealkylation sites (N-methyl/N-ethyl adjacent to an activating group) is 2. The molecule has 5 heteroatoms. The van der Waals surface area contributed by atoms with Crippen LogP contribution in [-0.4, -0.2) is 46.3 Å². The van der Waals surface area contributed by atoms with Gasteiger partial charge in [-0.25, -0.2) is 0 Å². The number of nitrogens with zero attached hydrogens (tertiary/aromatic N) is 1. The molecule has 0 bridgehead atoms. The summed E-state index contributed by atoms with van der Waals surface area (Å²) < 4.78 is 10.5. The highest BCUT2D eigenvalue weighted by Gasteiger charge is 2.04. The molecule has 0 saturated heterocycles. The van der Waals surface area contributed by atoms with Gasteiger partial charge in [-0.05, 0) is 31.8 Å². The number of ether oxygens (including phenoxy) is 2. The molecular formula is C13H23ClN2O2. The van der Waals surface area contributed by atoms with Crippen LogP contribution in [0.25, 0.3) is 0 Å². The topological polar surface area (TPSA) is 33.7 Å². The van der Waals surface area contributed by atoms with Crippen LogP contribution in [0.15, 0.2) is 18.2 Å². The Labute approximate surface area is 116 Å². The highest BCUT2D eigenvalue weighted by molar-refractivity contribution is 5.85. The molecule has 18 heavy (non-hydrogen) atoms. The van der Waals surface area contributed by atoms with E-state index >= 15 is 0 Å². The summed E-state index contributed by atoms with van der Waals surface area (Å²) in [7, 11) is 7.40. The van der Waals surface area contributed by atoms with Crippen LogP contribution in [0.4, 0.5) is 0 Å². The smallest absolute Gasteiger partial charge is 0.122 e. The van der Waals surface area contributed by atoms with E-state index in [2.05, 4.69) is 17.3 Å². The number of hydrogen-bond acceptors (Lipinski definition) is 4. The van der Waals surface area contributed by atoms with Gasteiger partial charge >= 0.3 is 0 Å². The summed E-state index contributed by atoms with van der Waals surface area (Å²) in [5.74, 6) is 1.67. The molecule has 0 radical (unpaired) electrons. The molecule has 0 heterocycles. The maximum atomic E-state index is 5.25. The van der Waals surface area contributed by atoms with E-state index in [1.165, 1.54) is 5.56 Å². The number of nitrogens with one attached hydrogen (secondary N) is 1. The van der Waals surface area contributed by atoms with Gasteiger partial charge < -0.3 is 19.7 Å². The van der Waals surface area contributed by atoms with Gasteiger partial charge in [0.2, 0.25) is 0 Å². The van der Waals surface area contributed by atoms with Crippen molar-refractivity contribution in [3.8, 4) is 11.5 Å². The fourth-order valence-corrected chi connectivity index (χ4v) is 1.65. The van der Waals surface area contributed by atoms with Crippen LogP contribution in [0.3, 0.4) is 0 Å². The van der Waals surface area contributed by atoms with Crippen molar-refractivity contribution in [1.29, 1.82) is 0 Å². The van der Waals surface area contributed by atoms with Crippen molar-refractivity contribution >= 4 is 12.4 Å². The normalized spacial score (nSPS) is 10.1. The standard InChI is InChI=1S/C13H22N2O2.ClH/c1-14-5-6-15(2)10-11-7-12(16-3)9-13(8-11)17-4;/h7-9,14H,5-6,10H2,1-4H3;1H. The molecule has 0 aliphatic heterocycles. The van der Waals surface area contributed by atoms with Gasteiger partial charge in [0.05, 0.1) is 14.2 Å². The summed E-state index contributed by atoms with van der Waals surface area (Å²) in [5.41, 5.74) is 1.19. The summed E-state index contributed by atoms with van der Waals surface area (Å²) in [6.45, 7) is 2.88. The number of rotatable bonds is 7. The van der Waals surface area contributed by atoms with E-state index in [9.17, 15) is 0 Å². The Kier molecular flexibility index (Phi) is 8.54. The third-order valence-corrected chi connectivity index (χ3v) is 2.61. The molecule has 0 fully saturated rings. The zero-order valence-corrected chi connectivity index (χ0v) is 12.3. The molecule has 0 saturated carbocycles. The first-order valence-corrected chi connectivity index (χ1v) is 5.74. The maximum Gasteiger partial charge on any atom is 0.122 e. The Hall–Kier alpha value is -0.970. The molecule has 0 aromatic heterocycles. The molecule has 4 nitrogen and oxygen atoms in total. The van der Waals surface area contributed by atoms with E-state index in [-0.39, 0.29) is 12.4 Å². The first kappa shape index (κ1) is 17.0. The molecule has 0 atom stereocenters. The van der Waals surface area contributed by atoms with Crippen LogP contribution < -0.4 is 14.8 Å². The lowest BCUT2D eigenvalue weighted by Crippen LogP contribution is -2.26. The quantitative estimate of drug-likeness (QED) is 0.822. The van der Waals surface area contributed by atoms with Crippen molar-refractivity contribution in [2.45, 2.75) is 6.54 Å². The summed E-state index contributed by atoms with van der Waals surface area (Å²) in [6.07, 6.45) is 0. The van der Waals surface area contributed by atoms with Crippen molar-refractivity contribution in [2.24, 2.45) is 0 Å². The highest BCUT2D eigenvalue weighted by Crippen LogP contribution is 2.23. The molecule has 0 amide bonds. The minimum absolute atomic E-state index is 0. The van der Waals surface area contributed by atoms with Crippen LogP contribution in [0, 0.1) is 0 Å². The SMILES string of the molecule is CNCCN(C)Cc1cc(OC)cc(OC)c1.Cl. The molecular weight excluding hydrogens is 252 g/mol.